The SMILES string of the molecule is Nc1nn2c(C(F)F)ccnc2c1C(=O)O. The van der Waals surface area contributed by atoms with E-state index in [9.17, 15) is 13.6 Å². The lowest BCUT2D eigenvalue weighted by atomic mass is 10.3. The van der Waals surface area contributed by atoms with Gasteiger partial charge in [-0.1, -0.05) is 0 Å². The summed E-state index contributed by atoms with van der Waals surface area (Å²) in [5.74, 6) is -1.69. The Morgan fingerprint density at radius 2 is 2.25 bits per heavy atom. The maximum Gasteiger partial charge on any atom is 0.343 e. The molecule has 84 valence electrons. The number of carboxylic acids is 1. The van der Waals surface area contributed by atoms with Crippen molar-refractivity contribution in [1.82, 2.24) is 14.6 Å². The van der Waals surface area contributed by atoms with Crippen molar-refractivity contribution < 1.29 is 18.7 Å². The van der Waals surface area contributed by atoms with Crippen molar-refractivity contribution in [1.29, 1.82) is 0 Å². The molecule has 0 aliphatic carbocycles. The fourth-order valence-corrected chi connectivity index (χ4v) is 1.35. The van der Waals surface area contributed by atoms with Crippen molar-refractivity contribution >= 4 is 17.4 Å². The molecule has 6 nitrogen and oxygen atoms in total. The Kier molecular flexibility index (Phi) is 2.18. The van der Waals surface area contributed by atoms with Gasteiger partial charge in [0.2, 0.25) is 0 Å². The predicted octanol–water partition coefficient (Wildman–Crippen LogP) is 0.947. The molecule has 0 bridgehead atoms. The maximum absolute atomic E-state index is 12.6. The minimum absolute atomic E-state index is 0.192. The summed E-state index contributed by atoms with van der Waals surface area (Å²) in [4.78, 5) is 14.5. The van der Waals surface area contributed by atoms with Crippen LogP contribution < -0.4 is 5.73 Å². The normalized spacial score (nSPS) is 11.2. The number of anilines is 1. The van der Waals surface area contributed by atoms with Gasteiger partial charge in [-0.15, -0.1) is 5.10 Å². The average Bonchev–Trinajstić information content (AvgIpc) is 2.52. The van der Waals surface area contributed by atoms with Crippen LogP contribution in [0.3, 0.4) is 0 Å². The van der Waals surface area contributed by atoms with Crippen LogP contribution in [0.15, 0.2) is 12.3 Å². The van der Waals surface area contributed by atoms with E-state index in [-0.39, 0.29) is 17.0 Å². The number of carboxylic acid groups (broad SMARTS) is 1. The third kappa shape index (κ3) is 1.35. The summed E-state index contributed by atoms with van der Waals surface area (Å²) in [6.07, 6.45) is -1.70. The van der Waals surface area contributed by atoms with E-state index >= 15 is 0 Å². The molecule has 0 aliphatic rings. The molecule has 2 heterocycles. The zero-order chi connectivity index (χ0) is 11.9. The summed E-state index contributed by atoms with van der Waals surface area (Å²) in [5.41, 5.74) is 4.31. The molecule has 0 aromatic carbocycles. The average molecular weight is 228 g/mol. The van der Waals surface area contributed by atoms with Gasteiger partial charge in [0.15, 0.2) is 11.5 Å². The van der Waals surface area contributed by atoms with Gasteiger partial charge < -0.3 is 10.8 Å². The number of halogens is 2. The Morgan fingerprint density at radius 1 is 1.56 bits per heavy atom. The first-order valence-corrected chi connectivity index (χ1v) is 4.17. The van der Waals surface area contributed by atoms with Crippen molar-refractivity contribution in [2.45, 2.75) is 6.43 Å². The number of nitrogen functional groups attached to an aromatic ring is 1. The molecule has 16 heavy (non-hydrogen) atoms. The van der Waals surface area contributed by atoms with E-state index in [0.29, 0.717) is 0 Å². The number of fused-ring (bicyclic) bond motifs is 1. The van der Waals surface area contributed by atoms with Crippen LogP contribution in [-0.2, 0) is 0 Å². The Hall–Kier alpha value is -2.25. The van der Waals surface area contributed by atoms with Crippen LogP contribution >= 0.6 is 0 Å². The van der Waals surface area contributed by atoms with E-state index < -0.39 is 18.1 Å². The van der Waals surface area contributed by atoms with Gasteiger partial charge in [-0.2, -0.15) is 0 Å². The van der Waals surface area contributed by atoms with Crippen LogP contribution in [0.25, 0.3) is 5.65 Å². The smallest absolute Gasteiger partial charge is 0.343 e. The Balaban J connectivity index is 2.83. The molecule has 2 aromatic rings. The third-order valence-electron chi connectivity index (χ3n) is 2.01. The van der Waals surface area contributed by atoms with E-state index in [1.807, 2.05) is 0 Å². The first kappa shape index (κ1) is 10.3. The van der Waals surface area contributed by atoms with Crippen LogP contribution in [0.4, 0.5) is 14.6 Å². The zero-order valence-corrected chi connectivity index (χ0v) is 7.76. The van der Waals surface area contributed by atoms with E-state index in [2.05, 4.69) is 10.1 Å². The first-order chi connectivity index (χ1) is 7.52. The minimum Gasteiger partial charge on any atom is -0.477 e. The van der Waals surface area contributed by atoms with Gasteiger partial charge in [0.25, 0.3) is 6.43 Å². The Bertz CT molecular complexity index is 566. The van der Waals surface area contributed by atoms with E-state index in [1.165, 1.54) is 0 Å². The molecule has 0 atom stereocenters. The third-order valence-corrected chi connectivity index (χ3v) is 2.01. The number of aromatic nitrogens is 3. The molecule has 0 fully saturated rings. The highest BCUT2D eigenvalue weighted by Crippen LogP contribution is 2.22. The molecule has 3 N–H and O–H groups in total. The molecular weight excluding hydrogens is 222 g/mol. The van der Waals surface area contributed by atoms with Crippen molar-refractivity contribution in [3.8, 4) is 0 Å². The fourth-order valence-electron chi connectivity index (χ4n) is 1.35. The quantitative estimate of drug-likeness (QED) is 0.797. The molecule has 2 aromatic heterocycles. The van der Waals surface area contributed by atoms with Crippen molar-refractivity contribution in [3.05, 3.63) is 23.5 Å². The Morgan fingerprint density at radius 3 is 2.81 bits per heavy atom. The number of carbonyl (C=O) groups is 1. The highest BCUT2D eigenvalue weighted by atomic mass is 19.3. The summed E-state index contributed by atoms with van der Waals surface area (Å²) >= 11 is 0. The molecule has 0 spiro atoms. The molecule has 2 rings (SSSR count). The summed E-state index contributed by atoms with van der Waals surface area (Å²) in [7, 11) is 0. The zero-order valence-electron chi connectivity index (χ0n) is 7.76. The first-order valence-electron chi connectivity index (χ1n) is 4.17. The molecule has 0 aliphatic heterocycles. The van der Waals surface area contributed by atoms with Gasteiger partial charge in [-0.25, -0.2) is 23.1 Å². The summed E-state index contributed by atoms with van der Waals surface area (Å²) in [6, 6.07) is 1.05. The fraction of sp³-hybridized carbons (Fsp3) is 0.125. The number of rotatable bonds is 2. The second kappa shape index (κ2) is 3.40. The molecule has 0 saturated heterocycles. The lowest BCUT2D eigenvalue weighted by Gasteiger charge is -2.01. The molecular formula is C8H6F2N4O2. The van der Waals surface area contributed by atoms with Crippen molar-refractivity contribution in [3.63, 3.8) is 0 Å². The van der Waals surface area contributed by atoms with Crippen LogP contribution in [0.5, 0.6) is 0 Å². The number of nitrogens with zero attached hydrogens (tertiary/aromatic N) is 3. The summed E-state index contributed by atoms with van der Waals surface area (Å²) in [6.45, 7) is 0. The molecule has 8 heteroatoms. The second-order valence-corrected chi connectivity index (χ2v) is 2.97. The minimum atomic E-state index is -2.79. The number of nitrogens with two attached hydrogens (primary N) is 1. The molecule has 0 saturated carbocycles. The standard InChI is InChI=1S/C8H6F2N4O2/c9-5(10)3-1-2-12-7-4(8(15)16)6(11)13-14(3)7/h1-2,5H,(H2,11,13)(H,15,16). The topological polar surface area (TPSA) is 93.5 Å². The van der Waals surface area contributed by atoms with Gasteiger partial charge in [0, 0.05) is 6.20 Å². The number of hydrogen-bond acceptors (Lipinski definition) is 4. The molecule has 0 radical (unpaired) electrons. The highest BCUT2D eigenvalue weighted by Gasteiger charge is 2.22. The van der Waals surface area contributed by atoms with E-state index in [1.54, 1.807) is 0 Å². The lowest BCUT2D eigenvalue weighted by Crippen LogP contribution is -2.02. The highest BCUT2D eigenvalue weighted by molar-refractivity contribution is 5.99. The summed E-state index contributed by atoms with van der Waals surface area (Å²) < 4.78 is 25.9. The van der Waals surface area contributed by atoms with Gasteiger partial charge >= 0.3 is 5.97 Å². The van der Waals surface area contributed by atoms with E-state index in [0.717, 1.165) is 16.8 Å². The van der Waals surface area contributed by atoms with Crippen molar-refractivity contribution in [2.75, 3.05) is 5.73 Å². The van der Waals surface area contributed by atoms with Gasteiger partial charge in [-0.05, 0) is 6.07 Å². The van der Waals surface area contributed by atoms with E-state index in [4.69, 9.17) is 10.8 Å². The van der Waals surface area contributed by atoms with Gasteiger partial charge in [0.1, 0.15) is 11.3 Å². The monoisotopic (exact) mass is 228 g/mol. The number of alkyl halides is 2. The maximum atomic E-state index is 12.6. The van der Waals surface area contributed by atoms with Crippen LogP contribution in [0, 0.1) is 0 Å². The van der Waals surface area contributed by atoms with Crippen LogP contribution in [0.1, 0.15) is 22.5 Å². The largest absolute Gasteiger partial charge is 0.477 e. The van der Waals surface area contributed by atoms with Crippen LogP contribution in [-0.4, -0.2) is 25.7 Å². The molecule has 0 amide bonds. The van der Waals surface area contributed by atoms with Gasteiger partial charge in [-0.3, -0.25) is 0 Å². The number of hydrogen-bond donors (Lipinski definition) is 2. The number of aromatic carboxylic acids is 1. The van der Waals surface area contributed by atoms with Crippen LogP contribution in [0.2, 0.25) is 0 Å². The summed E-state index contributed by atoms with van der Waals surface area (Å²) in [5, 5.41) is 12.3. The van der Waals surface area contributed by atoms with Crippen molar-refractivity contribution in [2.24, 2.45) is 0 Å². The second-order valence-electron chi connectivity index (χ2n) is 2.97. The lowest BCUT2D eigenvalue weighted by molar-refractivity contribution is 0.0699. The Labute approximate surface area is 87.3 Å². The molecule has 0 unspecified atom stereocenters. The van der Waals surface area contributed by atoms with Gasteiger partial charge in [0.05, 0.1) is 0 Å². The predicted molar refractivity (Wildman–Crippen MR) is 49.3 cm³/mol.